The molecule has 124 valence electrons. The average Bonchev–Trinajstić information content (AvgIpc) is 2.88. The lowest BCUT2D eigenvalue weighted by Gasteiger charge is -2.50. The molecule has 3 aliphatic carbocycles. The first-order valence-electron chi connectivity index (χ1n) is 8.86. The molecule has 4 rings (SSSR count). The molecule has 2 fully saturated rings. The number of benzene rings is 1. The summed E-state index contributed by atoms with van der Waals surface area (Å²) in [5.74, 6) is 3.12. The minimum atomic E-state index is -0.0781. The predicted octanol–water partition coefficient (Wildman–Crippen LogP) is 5.19. The lowest BCUT2D eigenvalue weighted by Crippen LogP contribution is -2.43. The summed E-state index contributed by atoms with van der Waals surface area (Å²) in [5, 5.41) is 10.5. The Morgan fingerprint density at radius 2 is 2.13 bits per heavy atom. The maximum atomic E-state index is 10.5. The quantitative estimate of drug-likeness (QED) is 0.523. The monoisotopic (exact) mass is 424 g/mol. The van der Waals surface area contributed by atoms with Gasteiger partial charge in [-0.3, -0.25) is 0 Å². The summed E-state index contributed by atoms with van der Waals surface area (Å²) in [5.41, 5.74) is 3.20. The summed E-state index contributed by atoms with van der Waals surface area (Å²) in [6.45, 7) is 2.34. The fourth-order valence-corrected chi connectivity index (χ4v) is 5.86. The van der Waals surface area contributed by atoms with Gasteiger partial charge in [0, 0.05) is 4.08 Å². The van der Waals surface area contributed by atoms with Crippen molar-refractivity contribution in [3.63, 3.8) is 0 Å². The molecule has 2 saturated carbocycles. The van der Waals surface area contributed by atoms with Gasteiger partial charge in [0.15, 0.2) is 0 Å². The molecule has 0 amide bonds. The summed E-state index contributed by atoms with van der Waals surface area (Å²) in [6, 6.07) is 6.66. The van der Waals surface area contributed by atoms with Crippen molar-refractivity contribution in [2.45, 2.75) is 57.5 Å². The Balaban J connectivity index is 1.62. The molecule has 0 aliphatic heterocycles. The Bertz CT molecular complexity index is 626. The third-order valence-electron chi connectivity index (χ3n) is 6.90. The van der Waals surface area contributed by atoms with Gasteiger partial charge in [0.1, 0.15) is 5.75 Å². The molecule has 5 atom stereocenters. The summed E-state index contributed by atoms with van der Waals surface area (Å²) in [6.07, 6.45) is 8.72. The molecule has 0 unspecified atom stereocenters. The lowest BCUT2D eigenvalue weighted by molar-refractivity contribution is -0.0226. The van der Waals surface area contributed by atoms with Crippen molar-refractivity contribution in [2.24, 2.45) is 17.3 Å². The number of aryl methyl sites for hydroxylation is 1. The van der Waals surface area contributed by atoms with Crippen LogP contribution in [-0.4, -0.2) is 11.2 Å². The highest BCUT2D eigenvalue weighted by Gasteiger charge is 2.54. The number of hydrogen-bond acceptors (Lipinski definition) is 2. The van der Waals surface area contributed by atoms with Gasteiger partial charge in [-0.25, -0.2) is 0 Å². The van der Waals surface area contributed by atoms with Crippen LogP contribution in [0.2, 0.25) is 0 Å². The molecule has 0 bridgehead atoms. The van der Waals surface area contributed by atoms with Gasteiger partial charge in [-0.05, 0) is 108 Å². The number of hydrogen-bond donors (Lipinski definition) is 1. The fourth-order valence-electron chi connectivity index (χ4n) is 5.71. The van der Waals surface area contributed by atoms with Gasteiger partial charge in [0.05, 0.1) is 12.4 Å². The van der Waals surface area contributed by atoms with E-state index < -0.39 is 0 Å². The Kier molecular flexibility index (Phi) is 4.21. The van der Waals surface area contributed by atoms with Crippen LogP contribution in [0.1, 0.15) is 56.1 Å². The summed E-state index contributed by atoms with van der Waals surface area (Å²) >= 11 is 2.17. The number of ether oxygens (including phenoxy) is 1. The number of aliphatic hydroxyl groups excluding tert-OH is 1. The number of halogens is 1. The van der Waals surface area contributed by atoms with Crippen LogP contribution < -0.4 is 4.74 Å². The zero-order chi connectivity index (χ0) is 16.0. The summed E-state index contributed by atoms with van der Waals surface area (Å²) in [4.78, 5) is 0. The highest BCUT2D eigenvalue weighted by molar-refractivity contribution is 14.1. The van der Waals surface area contributed by atoms with Crippen molar-refractivity contribution < 1.29 is 9.84 Å². The van der Waals surface area contributed by atoms with Gasteiger partial charge in [-0.15, -0.1) is 0 Å². The summed E-state index contributed by atoms with van der Waals surface area (Å²) < 4.78 is 7.53. The standard InChI is InChI=1S/C20H25IO2/c1-20-9-8-16-15-5-3-14(23-11-10-21)12-13(15)2-4-17(16)18(20)6-7-19(20)22/h3,5,10-12,16-19,22H,2,4,6-9H2,1H3/t16-,17-,18+,19+,20+/m1/s1. The maximum absolute atomic E-state index is 10.5. The van der Waals surface area contributed by atoms with E-state index in [0.29, 0.717) is 11.8 Å². The fraction of sp³-hybridized carbons (Fsp3) is 0.600. The first kappa shape index (κ1) is 15.9. The van der Waals surface area contributed by atoms with Gasteiger partial charge in [-0.2, -0.15) is 0 Å². The highest BCUT2D eigenvalue weighted by Crippen LogP contribution is 2.60. The van der Waals surface area contributed by atoms with E-state index in [1.807, 2.05) is 4.08 Å². The van der Waals surface area contributed by atoms with Crippen LogP contribution in [-0.2, 0) is 6.42 Å². The second kappa shape index (κ2) is 6.07. The van der Waals surface area contributed by atoms with Crippen molar-refractivity contribution >= 4 is 22.6 Å². The topological polar surface area (TPSA) is 29.5 Å². The lowest BCUT2D eigenvalue weighted by atomic mass is 9.55. The van der Waals surface area contributed by atoms with E-state index in [9.17, 15) is 5.11 Å². The average molecular weight is 424 g/mol. The van der Waals surface area contributed by atoms with Crippen molar-refractivity contribution in [3.05, 3.63) is 39.7 Å². The predicted molar refractivity (Wildman–Crippen MR) is 101 cm³/mol. The van der Waals surface area contributed by atoms with Crippen LogP contribution in [0.3, 0.4) is 0 Å². The second-order valence-electron chi connectivity index (χ2n) is 7.79. The van der Waals surface area contributed by atoms with E-state index in [2.05, 4.69) is 47.7 Å². The molecule has 1 N–H and O–H groups in total. The molecule has 1 aromatic carbocycles. The Labute approximate surface area is 152 Å². The van der Waals surface area contributed by atoms with Gasteiger partial charge >= 0.3 is 0 Å². The molecule has 3 heteroatoms. The second-order valence-corrected chi connectivity index (χ2v) is 8.51. The van der Waals surface area contributed by atoms with E-state index in [1.165, 1.54) is 31.2 Å². The first-order chi connectivity index (χ1) is 11.1. The van der Waals surface area contributed by atoms with Crippen LogP contribution in [0.4, 0.5) is 0 Å². The van der Waals surface area contributed by atoms with Gasteiger partial charge in [0.25, 0.3) is 0 Å². The van der Waals surface area contributed by atoms with Crippen molar-refractivity contribution in [1.82, 2.24) is 0 Å². The zero-order valence-corrected chi connectivity index (χ0v) is 15.8. The molecular formula is C20H25IO2. The third kappa shape index (κ3) is 2.55. The van der Waals surface area contributed by atoms with E-state index >= 15 is 0 Å². The normalized spacial score (nSPS) is 38.9. The van der Waals surface area contributed by atoms with Gasteiger partial charge < -0.3 is 9.84 Å². The zero-order valence-electron chi connectivity index (χ0n) is 13.7. The molecule has 1 aromatic rings. The molecule has 2 nitrogen and oxygen atoms in total. The van der Waals surface area contributed by atoms with Crippen LogP contribution in [0.15, 0.2) is 28.5 Å². The van der Waals surface area contributed by atoms with E-state index in [4.69, 9.17) is 4.74 Å². The molecular weight excluding hydrogens is 399 g/mol. The Morgan fingerprint density at radius 1 is 1.26 bits per heavy atom. The molecule has 0 aromatic heterocycles. The van der Waals surface area contributed by atoms with Crippen LogP contribution in [0.5, 0.6) is 5.75 Å². The van der Waals surface area contributed by atoms with Gasteiger partial charge in [-0.1, -0.05) is 13.0 Å². The number of fused-ring (bicyclic) bond motifs is 5. The van der Waals surface area contributed by atoms with Crippen LogP contribution in [0, 0.1) is 17.3 Å². The molecule has 0 radical (unpaired) electrons. The van der Waals surface area contributed by atoms with Gasteiger partial charge in [0.2, 0.25) is 0 Å². The highest BCUT2D eigenvalue weighted by atomic mass is 127. The summed E-state index contributed by atoms with van der Waals surface area (Å²) in [7, 11) is 0. The molecule has 0 spiro atoms. The van der Waals surface area contributed by atoms with E-state index in [-0.39, 0.29) is 11.5 Å². The van der Waals surface area contributed by atoms with Crippen LogP contribution >= 0.6 is 22.6 Å². The molecule has 0 saturated heterocycles. The van der Waals surface area contributed by atoms with Crippen molar-refractivity contribution in [3.8, 4) is 5.75 Å². The smallest absolute Gasteiger partial charge is 0.126 e. The third-order valence-corrected chi connectivity index (χ3v) is 7.20. The molecule has 23 heavy (non-hydrogen) atoms. The van der Waals surface area contributed by atoms with Crippen molar-refractivity contribution in [2.75, 3.05) is 0 Å². The van der Waals surface area contributed by atoms with Crippen LogP contribution in [0.25, 0.3) is 0 Å². The molecule has 0 heterocycles. The van der Waals surface area contributed by atoms with E-state index in [0.717, 1.165) is 24.5 Å². The first-order valence-corrected chi connectivity index (χ1v) is 10.1. The Hall–Kier alpha value is -0.550. The largest absolute Gasteiger partial charge is 0.465 e. The number of aliphatic hydroxyl groups is 1. The Morgan fingerprint density at radius 3 is 2.96 bits per heavy atom. The minimum Gasteiger partial charge on any atom is -0.465 e. The van der Waals surface area contributed by atoms with Crippen molar-refractivity contribution in [1.29, 1.82) is 0 Å². The van der Waals surface area contributed by atoms with E-state index in [1.54, 1.807) is 11.8 Å². The molecule has 3 aliphatic rings. The SMILES string of the molecule is C[C@]12CC[C@@H]3c4ccc(OC=CI)cc4CC[C@H]3[C@@H]1CC[C@@H]2O. The minimum absolute atomic E-state index is 0.0781. The maximum Gasteiger partial charge on any atom is 0.126 e. The number of rotatable bonds is 2.